The Morgan fingerprint density at radius 2 is 1.90 bits per heavy atom. The zero-order chi connectivity index (χ0) is 14.7. The van der Waals surface area contributed by atoms with Crippen molar-refractivity contribution in [1.29, 1.82) is 0 Å². The lowest BCUT2D eigenvalue weighted by molar-refractivity contribution is 0.0696. The van der Waals surface area contributed by atoms with Gasteiger partial charge in [-0.05, 0) is 42.8 Å². The molecule has 2 rings (SSSR count). The summed E-state index contributed by atoms with van der Waals surface area (Å²) in [7, 11) is 0. The van der Waals surface area contributed by atoms with Crippen LogP contribution in [0.15, 0.2) is 36.4 Å². The van der Waals surface area contributed by atoms with E-state index in [-0.39, 0.29) is 23.5 Å². The molecule has 0 saturated heterocycles. The van der Waals surface area contributed by atoms with Crippen LogP contribution in [0.4, 0.5) is 14.5 Å². The third-order valence-corrected chi connectivity index (χ3v) is 2.95. The molecule has 0 aromatic heterocycles. The second-order valence-corrected chi connectivity index (χ2v) is 4.43. The maximum absolute atomic E-state index is 13.6. The highest BCUT2D eigenvalue weighted by molar-refractivity contribution is 5.87. The minimum Gasteiger partial charge on any atom is -0.478 e. The summed E-state index contributed by atoms with van der Waals surface area (Å²) in [5.74, 6) is -1.97. The number of halogens is 2. The maximum Gasteiger partial charge on any atom is 0.335 e. The number of anilines is 1. The van der Waals surface area contributed by atoms with Crippen molar-refractivity contribution in [3.8, 4) is 0 Å². The van der Waals surface area contributed by atoms with E-state index in [0.29, 0.717) is 11.3 Å². The first kappa shape index (κ1) is 14.0. The molecular formula is C15H13F2NO2. The monoisotopic (exact) mass is 277 g/mol. The van der Waals surface area contributed by atoms with Crippen LogP contribution in [-0.4, -0.2) is 11.1 Å². The van der Waals surface area contributed by atoms with Gasteiger partial charge in [0.1, 0.15) is 11.6 Å². The number of carboxylic acid groups (broad SMARTS) is 1. The van der Waals surface area contributed by atoms with E-state index in [0.717, 1.165) is 6.07 Å². The van der Waals surface area contributed by atoms with Gasteiger partial charge in [-0.1, -0.05) is 6.07 Å². The van der Waals surface area contributed by atoms with Gasteiger partial charge >= 0.3 is 5.97 Å². The fourth-order valence-electron chi connectivity index (χ4n) is 1.74. The van der Waals surface area contributed by atoms with Crippen LogP contribution >= 0.6 is 0 Å². The van der Waals surface area contributed by atoms with Crippen molar-refractivity contribution in [2.75, 3.05) is 5.32 Å². The van der Waals surface area contributed by atoms with Crippen LogP contribution in [-0.2, 0) is 6.54 Å². The number of rotatable bonds is 4. The van der Waals surface area contributed by atoms with Gasteiger partial charge < -0.3 is 10.4 Å². The van der Waals surface area contributed by atoms with Gasteiger partial charge in [-0.15, -0.1) is 0 Å². The van der Waals surface area contributed by atoms with Crippen LogP contribution in [0.25, 0.3) is 0 Å². The lowest BCUT2D eigenvalue weighted by atomic mass is 10.1. The van der Waals surface area contributed by atoms with Crippen LogP contribution in [0.3, 0.4) is 0 Å². The Morgan fingerprint density at radius 1 is 1.15 bits per heavy atom. The van der Waals surface area contributed by atoms with Gasteiger partial charge in [0.2, 0.25) is 0 Å². The molecule has 0 saturated carbocycles. The molecule has 0 unspecified atom stereocenters. The van der Waals surface area contributed by atoms with Crippen LogP contribution in [0.5, 0.6) is 0 Å². The predicted molar refractivity (Wildman–Crippen MR) is 71.8 cm³/mol. The van der Waals surface area contributed by atoms with Gasteiger partial charge in [-0.3, -0.25) is 0 Å². The highest BCUT2D eigenvalue weighted by atomic mass is 19.1. The quantitative estimate of drug-likeness (QED) is 0.898. The van der Waals surface area contributed by atoms with Gasteiger partial charge in [-0.25, -0.2) is 13.6 Å². The van der Waals surface area contributed by atoms with Crippen molar-refractivity contribution in [3.63, 3.8) is 0 Å². The molecule has 0 aliphatic heterocycles. The van der Waals surface area contributed by atoms with Crippen molar-refractivity contribution in [1.82, 2.24) is 0 Å². The average molecular weight is 277 g/mol. The number of benzene rings is 2. The van der Waals surface area contributed by atoms with Crippen molar-refractivity contribution >= 4 is 11.7 Å². The molecule has 104 valence electrons. The number of aryl methyl sites for hydroxylation is 1. The lowest BCUT2D eigenvalue weighted by Gasteiger charge is -2.09. The summed E-state index contributed by atoms with van der Waals surface area (Å²) < 4.78 is 26.9. The predicted octanol–water partition coefficient (Wildman–Crippen LogP) is 3.58. The van der Waals surface area contributed by atoms with E-state index in [2.05, 4.69) is 5.32 Å². The molecule has 0 heterocycles. The zero-order valence-electron chi connectivity index (χ0n) is 10.8. The first-order valence-corrected chi connectivity index (χ1v) is 5.99. The molecule has 0 fully saturated rings. The highest BCUT2D eigenvalue weighted by Gasteiger charge is 2.08. The fraction of sp³-hybridized carbons (Fsp3) is 0.133. The highest BCUT2D eigenvalue weighted by Crippen LogP contribution is 2.16. The Hall–Kier alpha value is -2.43. The fourth-order valence-corrected chi connectivity index (χ4v) is 1.74. The largest absolute Gasteiger partial charge is 0.478 e. The second kappa shape index (κ2) is 5.69. The van der Waals surface area contributed by atoms with Crippen LogP contribution in [0.1, 0.15) is 21.5 Å². The molecule has 2 N–H and O–H groups in total. The number of hydrogen-bond donors (Lipinski definition) is 2. The van der Waals surface area contributed by atoms with E-state index < -0.39 is 11.8 Å². The van der Waals surface area contributed by atoms with E-state index in [1.54, 1.807) is 19.1 Å². The average Bonchev–Trinajstić information content (AvgIpc) is 2.41. The Labute approximate surface area is 114 Å². The minimum atomic E-state index is -1.12. The summed E-state index contributed by atoms with van der Waals surface area (Å²) in [6, 6.07) is 8.17. The Balaban J connectivity index is 2.15. The van der Waals surface area contributed by atoms with Gasteiger partial charge in [-0.2, -0.15) is 0 Å². The molecular weight excluding hydrogens is 264 g/mol. The molecule has 0 bridgehead atoms. The number of carboxylic acids is 1. The molecule has 0 aliphatic rings. The Morgan fingerprint density at radius 3 is 2.55 bits per heavy atom. The van der Waals surface area contributed by atoms with Gasteiger partial charge in [0, 0.05) is 17.8 Å². The third-order valence-electron chi connectivity index (χ3n) is 2.95. The van der Waals surface area contributed by atoms with Crippen LogP contribution in [0.2, 0.25) is 0 Å². The minimum absolute atomic E-state index is 0.0123. The summed E-state index contributed by atoms with van der Waals surface area (Å²) in [5.41, 5.74) is 1.26. The third kappa shape index (κ3) is 3.12. The first-order chi connectivity index (χ1) is 9.47. The van der Waals surface area contributed by atoms with Crippen LogP contribution < -0.4 is 5.32 Å². The molecule has 0 radical (unpaired) electrons. The van der Waals surface area contributed by atoms with Gasteiger partial charge in [0.25, 0.3) is 0 Å². The van der Waals surface area contributed by atoms with Crippen LogP contribution in [0, 0.1) is 18.6 Å². The van der Waals surface area contributed by atoms with E-state index in [1.165, 1.54) is 18.2 Å². The van der Waals surface area contributed by atoms with Crippen molar-refractivity contribution in [2.24, 2.45) is 0 Å². The summed E-state index contributed by atoms with van der Waals surface area (Å²) in [6.07, 6.45) is 0. The van der Waals surface area contributed by atoms with Crippen molar-refractivity contribution in [3.05, 3.63) is 64.7 Å². The summed E-state index contributed by atoms with van der Waals surface area (Å²) in [6.45, 7) is 1.73. The Bertz CT molecular complexity index is 656. The SMILES string of the molecule is Cc1ccc(NCc2cc(C(=O)O)ccc2F)cc1F. The first-order valence-electron chi connectivity index (χ1n) is 5.99. The smallest absolute Gasteiger partial charge is 0.335 e. The lowest BCUT2D eigenvalue weighted by Crippen LogP contribution is -2.05. The second-order valence-electron chi connectivity index (χ2n) is 4.43. The normalized spacial score (nSPS) is 10.3. The maximum atomic E-state index is 13.6. The molecule has 0 spiro atoms. The molecule has 0 aliphatic carbocycles. The molecule has 5 heteroatoms. The molecule has 2 aromatic carbocycles. The molecule has 3 nitrogen and oxygen atoms in total. The Kier molecular flexibility index (Phi) is 3.98. The number of aromatic carboxylic acids is 1. The number of nitrogens with one attached hydrogen (secondary N) is 1. The van der Waals surface area contributed by atoms with E-state index in [9.17, 15) is 13.6 Å². The molecule has 2 aromatic rings. The standard InChI is InChI=1S/C15H13F2NO2/c1-9-2-4-12(7-14(9)17)18-8-11-6-10(15(19)20)3-5-13(11)16/h2-7,18H,8H2,1H3,(H,19,20). The molecule has 0 atom stereocenters. The van der Waals surface area contributed by atoms with Crippen molar-refractivity contribution in [2.45, 2.75) is 13.5 Å². The van der Waals surface area contributed by atoms with Crippen molar-refractivity contribution < 1.29 is 18.7 Å². The van der Waals surface area contributed by atoms with Gasteiger partial charge in [0.15, 0.2) is 0 Å². The summed E-state index contributed by atoms with van der Waals surface area (Å²) in [4.78, 5) is 10.8. The topological polar surface area (TPSA) is 49.3 Å². The molecule has 20 heavy (non-hydrogen) atoms. The van der Waals surface area contributed by atoms with E-state index in [4.69, 9.17) is 5.11 Å². The van der Waals surface area contributed by atoms with E-state index >= 15 is 0 Å². The number of hydrogen-bond acceptors (Lipinski definition) is 2. The van der Waals surface area contributed by atoms with Gasteiger partial charge in [0.05, 0.1) is 5.56 Å². The summed E-state index contributed by atoms with van der Waals surface area (Å²) in [5, 5.41) is 11.7. The summed E-state index contributed by atoms with van der Waals surface area (Å²) >= 11 is 0. The molecule has 0 amide bonds. The zero-order valence-corrected chi connectivity index (χ0v) is 10.8. The number of carbonyl (C=O) groups is 1. The van der Waals surface area contributed by atoms with E-state index in [1.807, 2.05) is 0 Å².